The van der Waals surface area contributed by atoms with Gasteiger partial charge in [0.2, 0.25) is 6.41 Å². The molecule has 20 heavy (non-hydrogen) atoms. The smallest absolute Gasteiger partial charge is 0.306 e. The molecule has 0 aliphatic heterocycles. The van der Waals surface area contributed by atoms with Gasteiger partial charge in [0.15, 0.2) is 0 Å². The Labute approximate surface area is 121 Å². The Bertz CT molecular complexity index is 295. The number of ether oxygens (including phenoxy) is 1. The van der Waals surface area contributed by atoms with Crippen molar-refractivity contribution in [1.29, 1.82) is 0 Å². The lowest BCUT2D eigenvalue weighted by molar-refractivity contribution is -0.182. The quantitative estimate of drug-likeness (QED) is 0.626. The number of carboxylic acids is 1. The highest BCUT2D eigenvalue weighted by Gasteiger charge is 2.29. The normalized spacial score (nSPS) is 20.6. The van der Waals surface area contributed by atoms with Crippen LogP contribution in [0.2, 0.25) is 0 Å². The third-order valence-electron chi connectivity index (χ3n) is 3.78. The van der Waals surface area contributed by atoms with Crippen molar-refractivity contribution in [2.75, 3.05) is 6.54 Å². The van der Waals surface area contributed by atoms with Crippen molar-refractivity contribution in [1.82, 2.24) is 5.32 Å². The summed E-state index contributed by atoms with van der Waals surface area (Å²) in [6.07, 6.45) is 5.01. The van der Waals surface area contributed by atoms with Crippen LogP contribution in [0.15, 0.2) is 0 Å². The molecule has 1 aliphatic rings. The minimum Gasteiger partial charge on any atom is -0.481 e. The van der Waals surface area contributed by atoms with E-state index in [1.165, 1.54) is 6.42 Å². The van der Waals surface area contributed by atoms with Gasteiger partial charge in [0, 0.05) is 6.54 Å². The summed E-state index contributed by atoms with van der Waals surface area (Å²) >= 11 is 0. The Kier molecular flexibility index (Phi) is 6.92. The molecule has 0 aromatic carbocycles. The summed E-state index contributed by atoms with van der Waals surface area (Å²) < 4.78 is 5.32. The first-order valence-corrected chi connectivity index (χ1v) is 7.61. The van der Waals surface area contributed by atoms with Crippen LogP contribution in [0.1, 0.15) is 59.3 Å². The zero-order valence-electron chi connectivity index (χ0n) is 12.9. The van der Waals surface area contributed by atoms with Gasteiger partial charge in [-0.05, 0) is 46.0 Å². The molecule has 0 saturated heterocycles. The van der Waals surface area contributed by atoms with Crippen molar-refractivity contribution in [2.24, 2.45) is 11.8 Å². The first-order chi connectivity index (χ1) is 9.29. The van der Waals surface area contributed by atoms with Crippen LogP contribution >= 0.6 is 0 Å². The number of aliphatic carboxylic acids is 1. The molecule has 0 aromatic rings. The van der Waals surface area contributed by atoms with E-state index in [1.807, 2.05) is 20.8 Å². The van der Waals surface area contributed by atoms with Gasteiger partial charge in [-0.2, -0.15) is 0 Å². The SMILES string of the molecule is CC(C)(C)OC(O)NCCC(C(=O)O)C1CCCCC1. The molecule has 1 rings (SSSR count). The average molecular weight is 287 g/mol. The van der Waals surface area contributed by atoms with Crippen molar-refractivity contribution in [2.45, 2.75) is 71.3 Å². The number of aliphatic hydroxyl groups is 1. The van der Waals surface area contributed by atoms with Crippen LogP contribution in [0.4, 0.5) is 0 Å². The number of carbonyl (C=O) groups is 1. The van der Waals surface area contributed by atoms with E-state index < -0.39 is 18.0 Å². The fourth-order valence-electron chi connectivity index (χ4n) is 2.84. The van der Waals surface area contributed by atoms with Crippen LogP contribution in [0, 0.1) is 11.8 Å². The molecule has 118 valence electrons. The van der Waals surface area contributed by atoms with Gasteiger partial charge in [-0.3, -0.25) is 10.1 Å². The topological polar surface area (TPSA) is 78.8 Å². The summed E-state index contributed by atoms with van der Waals surface area (Å²) in [6.45, 7) is 6.03. The molecule has 5 nitrogen and oxygen atoms in total. The van der Waals surface area contributed by atoms with Crippen LogP contribution in [0.25, 0.3) is 0 Å². The van der Waals surface area contributed by atoms with E-state index in [4.69, 9.17) is 4.74 Å². The molecule has 2 unspecified atom stereocenters. The van der Waals surface area contributed by atoms with Gasteiger partial charge >= 0.3 is 5.97 Å². The first-order valence-electron chi connectivity index (χ1n) is 7.61. The number of aliphatic hydroxyl groups excluding tert-OH is 1. The van der Waals surface area contributed by atoms with E-state index in [1.54, 1.807) is 0 Å². The molecule has 1 fully saturated rings. The Balaban J connectivity index is 2.34. The van der Waals surface area contributed by atoms with Crippen LogP contribution in [0.5, 0.6) is 0 Å². The van der Waals surface area contributed by atoms with Crippen LogP contribution in [-0.2, 0) is 9.53 Å². The molecule has 0 heterocycles. The maximum absolute atomic E-state index is 11.4. The summed E-state index contributed by atoms with van der Waals surface area (Å²) in [4.78, 5) is 11.4. The first kappa shape index (κ1) is 17.4. The summed E-state index contributed by atoms with van der Waals surface area (Å²) in [6, 6.07) is 0. The van der Waals surface area contributed by atoms with Gasteiger partial charge in [-0.25, -0.2) is 0 Å². The molecule has 0 radical (unpaired) electrons. The zero-order chi connectivity index (χ0) is 15.2. The Morgan fingerprint density at radius 2 is 1.90 bits per heavy atom. The summed E-state index contributed by atoms with van der Waals surface area (Å²) in [5, 5.41) is 21.9. The standard InChI is InChI=1S/C15H29NO4/c1-15(2,3)20-14(19)16-10-9-12(13(17)18)11-7-5-4-6-8-11/h11-12,14,16,19H,4-10H2,1-3H3,(H,17,18). The van der Waals surface area contributed by atoms with Crippen molar-refractivity contribution >= 4 is 5.97 Å². The molecule has 2 atom stereocenters. The second-order valence-electron chi connectivity index (χ2n) is 6.67. The van der Waals surface area contributed by atoms with Gasteiger partial charge in [0.05, 0.1) is 11.5 Å². The fourth-order valence-corrected chi connectivity index (χ4v) is 2.84. The largest absolute Gasteiger partial charge is 0.481 e. The van der Waals surface area contributed by atoms with Gasteiger partial charge in [-0.1, -0.05) is 19.3 Å². The van der Waals surface area contributed by atoms with Crippen LogP contribution in [-0.4, -0.2) is 34.7 Å². The fraction of sp³-hybridized carbons (Fsp3) is 0.933. The predicted octanol–water partition coefficient (Wildman–Crippen LogP) is 2.34. The third kappa shape index (κ3) is 6.68. The van der Waals surface area contributed by atoms with Crippen molar-refractivity contribution in [3.05, 3.63) is 0 Å². The van der Waals surface area contributed by atoms with E-state index >= 15 is 0 Å². The molecular weight excluding hydrogens is 258 g/mol. The van der Waals surface area contributed by atoms with Crippen LogP contribution < -0.4 is 5.32 Å². The molecular formula is C15H29NO4. The minimum atomic E-state index is -1.05. The molecule has 0 bridgehead atoms. The third-order valence-corrected chi connectivity index (χ3v) is 3.78. The number of carboxylic acid groups (broad SMARTS) is 1. The van der Waals surface area contributed by atoms with E-state index in [0.29, 0.717) is 13.0 Å². The van der Waals surface area contributed by atoms with E-state index in [-0.39, 0.29) is 11.8 Å². The average Bonchev–Trinajstić information content (AvgIpc) is 2.33. The predicted molar refractivity (Wildman–Crippen MR) is 77.2 cm³/mol. The van der Waals surface area contributed by atoms with E-state index in [2.05, 4.69) is 5.32 Å². The van der Waals surface area contributed by atoms with Gasteiger partial charge in [-0.15, -0.1) is 0 Å². The maximum atomic E-state index is 11.4. The second-order valence-corrected chi connectivity index (χ2v) is 6.67. The lowest BCUT2D eigenvalue weighted by Gasteiger charge is -2.28. The summed E-state index contributed by atoms with van der Waals surface area (Å²) in [5.41, 5.74) is -0.429. The monoisotopic (exact) mass is 287 g/mol. The lowest BCUT2D eigenvalue weighted by Crippen LogP contribution is -2.39. The highest BCUT2D eigenvalue weighted by Crippen LogP contribution is 2.31. The lowest BCUT2D eigenvalue weighted by atomic mass is 9.78. The number of nitrogens with one attached hydrogen (secondary N) is 1. The highest BCUT2D eigenvalue weighted by atomic mass is 16.6. The molecule has 5 heteroatoms. The van der Waals surface area contributed by atoms with Gasteiger partial charge in [0.25, 0.3) is 0 Å². The Morgan fingerprint density at radius 1 is 1.30 bits per heavy atom. The van der Waals surface area contributed by atoms with Crippen molar-refractivity contribution < 1.29 is 19.7 Å². The number of hydrogen-bond acceptors (Lipinski definition) is 4. The summed E-state index contributed by atoms with van der Waals surface area (Å²) in [7, 11) is 0. The molecule has 3 N–H and O–H groups in total. The molecule has 1 aliphatic carbocycles. The second kappa shape index (κ2) is 7.96. The molecule has 0 aromatic heterocycles. The summed E-state index contributed by atoms with van der Waals surface area (Å²) in [5.74, 6) is -0.752. The van der Waals surface area contributed by atoms with Crippen molar-refractivity contribution in [3.63, 3.8) is 0 Å². The van der Waals surface area contributed by atoms with E-state index in [9.17, 15) is 15.0 Å². The van der Waals surface area contributed by atoms with E-state index in [0.717, 1.165) is 25.7 Å². The molecule has 0 spiro atoms. The number of rotatable bonds is 7. The maximum Gasteiger partial charge on any atom is 0.306 e. The Hall–Kier alpha value is -0.650. The van der Waals surface area contributed by atoms with Crippen LogP contribution in [0.3, 0.4) is 0 Å². The van der Waals surface area contributed by atoms with Crippen molar-refractivity contribution in [3.8, 4) is 0 Å². The van der Waals surface area contributed by atoms with Gasteiger partial charge < -0.3 is 14.9 Å². The highest BCUT2D eigenvalue weighted by molar-refractivity contribution is 5.70. The minimum absolute atomic E-state index is 0.281. The Morgan fingerprint density at radius 3 is 2.40 bits per heavy atom. The van der Waals surface area contributed by atoms with Gasteiger partial charge in [0.1, 0.15) is 0 Å². The number of hydrogen-bond donors (Lipinski definition) is 3. The zero-order valence-corrected chi connectivity index (χ0v) is 12.9. The molecule has 0 amide bonds. The molecule has 1 saturated carbocycles.